The van der Waals surface area contributed by atoms with Gasteiger partial charge < -0.3 is 20.6 Å². The van der Waals surface area contributed by atoms with E-state index in [4.69, 9.17) is 9.97 Å². The molecule has 5 heterocycles. The van der Waals surface area contributed by atoms with Crippen molar-refractivity contribution in [3.8, 4) is 22.4 Å². The van der Waals surface area contributed by atoms with Gasteiger partial charge in [-0.1, -0.05) is 30.3 Å². The average Bonchev–Trinajstić information content (AvgIpc) is 3.45. The number of nitrogens with one attached hydrogen (secondary N) is 4. The molecule has 3 saturated heterocycles. The van der Waals surface area contributed by atoms with Gasteiger partial charge in [0.2, 0.25) is 0 Å². The molecule has 5 aromatic rings. The molecular formula is C30H28N6OS. The van der Waals surface area contributed by atoms with E-state index in [0.29, 0.717) is 10.6 Å². The average molecular weight is 521 g/mol. The van der Waals surface area contributed by atoms with Gasteiger partial charge in [-0.15, -0.1) is 11.8 Å². The number of rotatable bonds is 4. The van der Waals surface area contributed by atoms with Crippen molar-refractivity contribution in [1.29, 1.82) is 0 Å². The first-order valence-corrected chi connectivity index (χ1v) is 14.3. The summed E-state index contributed by atoms with van der Waals surface area (Å²) in [6.45, 7) is 2.07. The smallest absolute Gasteiger partial charge is 0.258 e. The molecule has 7 nitrogen and oxygen atoms in total. The van der Waals surface area contributed by atoms with Crippen LogP contribution in [0.25, 0.3) is 44.1 Å². The topological polar surface area (TPSA) is 98.5 Å². The highest BCUT2D eigenvalue weighted by atomic mass is 32.2. The standard InChI is InChI=1S/C30H28N6OS/c37-29-22-15-20(8-9-23(22)34-27(36-29)24-3-1-11-31-24)18-4-5-19-14-21(7-6-17(19)13-18)25-16-32-28(35-25)26-30(38-26)10-2-12-33-30/h4-9,13-16,24,26,31,33H,1-3,10-12H2,(H,32,35)(H,34,36,37)/t24-,26-,30+/m0/s1. The Labute approximate surface area is 223 Å². The van der Waals surface area contributed by atoms with Crippen LogP contribution in [0.1, 0.15) is 48.6 Å². The van der Waals surface area contributed by atoms with Gasteiger partial charge in [0.15, 0.2) is 0 Å². The van der Waals surface area contributed by atoms with Gasteiger partial charge in [-0.25, -0.2) is 9.97 Å². The maximum atomic E-state index is 12.9. The Kier molecular flexibility index (Phi) is 5.05. The molecule has 3 aliphatic heterocycles. The van der Waals surface area contributed by atoms with Crippen molar-refractivity contribution < 1.29 is 0 Å². The highest BCUT2D eigenvalue weighted by Crippen LogP contribution is 2.66. The summed E-state index contributed by atoms with van der Waals surface area (Å²) in [5, 5.41) is 10.4. The Bertz CT molecular complexity index is 1760. The van der Waals surface area contributed by atoms with E-state index < -0.39 is 0 Å². The molecule has 1 spiro atoms. The van der Waals surface area contributed by atoms with Gasteiger partial charge in [0, 0.05) is 5.56 Å². The van der Waals surface area contributed by atoms with Crippen LogP contribution >= 0.6 is 11.8 Å². The molecule has 0 aliphatic carbocycles. The second-order valence-electron chi connectivity index (χ2n) is 10.7. The number of imidazole rings is 1. The predicted molar refractivity (Wildman–Crippen MR) is 153 cm³/mol. The molecule has 3 aromatic carbocycles. The number of benzene rings is 3. The van der Waals surface area contributed by atoms with E-state index in [0.717, 1.165) is 70.9 Å². The number of thioether (sulfide) groups is 1. The van der Waals surface area contributed by atoms with Crippen LogP contribution < -0.4 is 16.2 Å². The van der Waals surface area contributed by atoms with Crippen molar-refractivity contribution in [1.82, 2.24) is 30.6 Å². The molecule has 0 unspecified atom stereocenters. The van der Waals surface area contributed by atoms with Crippen molar-refractivity contribution in [3.05, 3.63) is 82.8 Å². The number of aromatic amines is 2. The molecule has 190 valence electrons. The molecule has 8 rings (SSSR count). The number of aromatic nitrogens is 4. The van der Waals surface area contributed by atoms with Crippen molar-refractivity contribution in [2.24, 2.45) is 0 Å². The Morgan fingerprint density at radius 3 is 2.50 bits per heavy atom. The number of nitrogens with zero attached hydrogens (tertiary/aromatic N) is 2. The fraction of sp³-hybridized carbons (Fsp3) is 0.300. The summed E-state index contributed by atoms with van der Waals surface area (Å²) in [7, 11) is 0. The van der Waals surface area contributed by atoms with E-state index in [-0.39, 0.29) is 16.5 Å². The molecule has 0 amide bonds. The highest BCUT2D eigenvalue weighted by Gasteiger charge is 2.59. The number of hydrogen-bond acceptors (Lipinski definition) is 6. The summed E-state index contributed by atoms with van der Waals surface area (Å²) in [4.78, 5) is 29.2. The second-order valence-corrected chi connectivity index (χ2v) is 12.1. The van der Waals surface area contributed by atoms with Crippen LogP contribution in [0.2, 0.25) is 0 Å². The van der Waals surface area contributed by atoms with Crippen LogP contribution in [0.15, 0.2) is 65.6 Å². The van der Waals surface area contributed by atoms with Crippen molar-refractivity contribution >= 4 is 33.4 Å². The fourth-order valence-electron chi connectivity index (χ4n) is 6.15. The van der Waals surface area contributed by atoms with Crippen LogP contribution in [0.5, 0.6) is 0 Å². The van der Waals surface area contributed by atoms with E-state index in [9.17, 15) is 4.79 Å². The molecule has 8 heteroatoms. The monoisotopic (exact) mass is 520 g/mol. The minimum absolute atomic E-state index is 0.0795. The van der Waals surface area contributed by atoms with Crippen molar-refractivity contribution in [2.75, 3.05) is 13.1 Å². The Balaban J connectivity index is 1.08. The van der Waals surface area contributed by atoms with Gasteiger partial charge in [-0.3, -0.25) is 4.79 Å². The lowest BCUT2D eigenvalue weighted by molar-refractivity contribution is 0.599. The zero-order chi connectivity index (χ0) is 25.3. The third-order valence-corrected chi connectivity index (χ3v) is 9.90. The van der Waals surface area contributed by atoms with E-state index in [2.05, 4.69) is 63.1 Å². The summed E-state index contributed by atoms with van der Waals surface area (Å²) in [5.41, 5.74) is 4.95. The third-order valence-electron chi connectivity index (χ3n) is 8.29. The Morgan fingerprint density at radius 2 is 1.68 bits per heavy atom. The molecule has 2 aromatic heterocycles. The van der Waals surface area contributed by atoms with Crippen LogP contribution in [0, 0.1) is 0 Å². The molecule has 38 heavy (non-hydrogen) atoms. The van der Waals surface area contributed by atoms with Crippen LogP contribution in [-0.2, 0) is 0 Å². The molecule has 0 radical (unpaired) electrons. The first kappa shape index (κ1) is 22.5. The molecule has 0 bridgehead atoms. The lowest BCUT2D eigenvalue weighted by Crippen LogP contribution is -2.24. The molecule has 0 saturated carbocycles. The lowest BCUT2D eigenvalue weighted by atomic mass is 9.98. The van der Waals surface area contributed by atoms with Crippen LogP contribution in [0.3, 0.4) is 0 Å². The summed E-state index contributed by atoms with van der Waals surface area (Å²) in [6.07, 6.45) is 6.54. The maximum absolute atomic E-state index is 12.9. The molecule has 3 fully saturated rings. The van der Waals surface area contributed by atoms with Gasteiger partial charge in [0.1, 0.15) is 11.6 Å². The highest BCUT2D eigenvalue weighted by molar-refractivity contribution is 8.08. The van der Waals surface area contributed by atoms with Crippen molar-refractivity contribution in [3.63, 3.8) is 0 Å². The maximum Gasteiger partial charge on any atom is 0.258 e. The fourth-order valence-corrected chi connectivity index (χ4v) is 7.49. The summed E-state index contributed by atoms with van der Waals surface area (Å²) >= 11 is 1.98. The first-order valence-electron chi connectivity index (χ1n) is 13.4. The predicted octanol–water partition coefficient (Wildman–Crippen LogP) is 5.43. The summed E-state index contributed by atoms with van der Waals surface area (Å²) in [5.74, 6) is 1.81. The molecule has 3 atom stereocenters. The van der Waals surface area contributed by atoms with Gasteiger partial charge >= 0.3 is 0 Å². The third kappa shape index (κ3) is 3.70. The second kappa shape index (κ2) is 8.53. The Morgan fingerprint density at radius 1 is 0.868 bits per heavy atom. The minimum atomic E-state index is -0.0795. The largest absolute Gasteiger partial charge is 0.341 e. The number of H-pyrrole nitrogens is 2. The summed E-state index contributed by atoms with van der Waals surface area (Å²) < 4.78 is 0. The number of fused-ring (bicyclic) bond motifs is 2. The minimum Gasteiger partial charge on any atom is -0.341 e. The molecule has 3 aliphatic rings. The quantitative estimate of drug-likeness (QED) is 0.236. The number of hydrogen-bond donors (Lipinski definition) is 4. The summed E-state index contributed by atoms with van der Waals surface area (Å²) in [6, 6.07) is 19.1. The van der Waals surface area contributed by atoms with Crippen molar-refractivity contribution in [2.45, 2.75) is 41.8 Å². The van der Waals surface area contributed by atoms with Crippen LogP contribution in [0.4, 0.5) is 0 Å². The van der Waals surface area contributed by atoms with Gasteiger partial charge in [-0.2, -0.15) is 0 Å². The zero-order valence-electron chi connectivity index (χ0n) is 20.9. The van der Waals surface area contributed by atoms with E-state index in [1.807, 2.05) is 30.1 Å². The molecular weight excluding hydrogens is 492 g/mol. The van der Waals surface area contributed by atoms with Gasteiger partial charge in [-0.05, 0) is 84.9 Å². The van der Waals surface area contributed by atoms with Gasteiger partial charge in [0.25, 0.3) is 5.56 Å². The van der Waals surface area contributed by atoms with Gasteiger partial charge in [0.05, 0.1) is 39.0 Å². The normalized spacial score (nSPS) is 24.6. The zero-order valence-corrected chi connectivity index (χ0v) is 21.7. The van der Waals surface area contributed by atoms with E-state index in [1.54, 1.807) is 0 Å². The Hall–Kier alpha value is -3.46. The lowest BCUT2D eigenvalue weighted by Gasteiger charge is -2.11. The SMILES string of the molecule is O=c1[nH]c([C@@H]2CCCN2)nc2ccc(-c3ccc4cc(-c5cnc([C@@H]6S[C@]67CCCN7)[nH]5)ccc4c3)cc12. The molecule has 4 N–H and O–H groups in total. The van der Waals surface area contributed by atoms with E-state index >= 15 is 0 Å². The first-order chi connectivity index (χ1) is 18.6. The van der Waals surface area contributed by atoms with Crippen LogP contribution in [-0.4, -0.2) is 37.9 Å². The van der Waals surface area contributed by atoms with E-state index in [1.165, 1.54) is 18.2 Å².